The zero-order valence-electron chi connectivity index (χ0n) is 19.3. The van der Waals surface area contributed by atoms with Crippen LogP contribution in [0.25, 0.3) is 0 Å². The molecule has 1 saturated heterocycles. The molecule has 0 spiro atoms. The van der Waals surface area contributed by atoms with Gasteiger partial charge in [-0.1, -0.05) is 12.1 Å². The molecule has 2 aromatic carbocycles. The normalized spacial score (nSPS) is 16.0. The minimum absolute atomic E-state index is 0.0143. The molecule has 1 atom stereocenters. The van der Waals surface area contributed by atoms with Gasteiger partial charge in [0.15, 0.2) is 5.75 Å². The number of amides is 1. The highest BCUT2D eigenvalue weighted by Gasteiger charge is 2.33. The largest absolute Gasteiger partial charge is 0.492 e. The number of nitrogens with zero attached hydrogens (tertiary/aromatic N) is 3. The van der Waals surface area contributed by atoms with Crippen molar-refractivity contribution >= 4 is 27.3 Å². The average Bonchev–Trinajstić information content (AvgIpc) is 2.84. The molecule has 3 rings (SSSR count). The Morgan fingerprint density at radius 1 is 1.15 bits per heavy atom. The van der Waals surface area contributed by atoms with Crippen molar-refractivity contribution in [2.75, 3.05) is 45.2 Å². The number of para-hydroxylation sites is 2. The van der Waals surface area contributed by atoms with Gasteiger partial charge in [-0.05, 0) is 38.1 Å². The molecule has 1 heterocycles. The summed E-state index contributed by atoms with van der Waals surface area (Å²) in [7, 11) is -2.66. The van der Waals surface area contributed by atoms with Crippen LogP contribution in [0.15, 0.2) is 47.4 Å². The summed E-state index contributed by atoms with van der Waals surface area (Å²) < 4.78 is 37.9. The van der Waals surface area contributed by atoms with Crippen LogP contribution < -0.4 is 14.8 Å². The van der Waals surface area contributed by atoms with Crippen molar-refractivity contribution in [2.24, 2.45) is 0 Å². The number of nitro benzene ring substituents is 1. The van der Waals surface area contributed by atoms with E-state index in [1.807, 2.05) is 17.9 Å². The molecule has 1 aliphatic rings. The number of nitrogens with one attached hydrogen (secondary N) is 1. The van der Waals surface area contributed by atoms with Gasteiger partial charge >= 0.3 is 5.69 Å². The number of anilines is 1. The van der Waals surface area contributed by atoms with Crippen molar-refractivity contribution in [1.29, 1.82) is 0 Å². The van der Waals surface area contributed by atoms with Crippen molar-refractivity contribution in [3.05, 3.63) is 52.6 Å². The zero-order valence-corrected chi connectivity index (χ0v) is 20.1. The first kappa shape index (κ1) is 25.4. The van der Waals surface area contributed by atoms with E-state index < -0.39 is 26.7 Å². The quantitative estimate of drug-likeness (QED) is 0.417. The SMILES string of the molecule is CCOc1ccccc1NC(=O)C(C)N1CCN(S(=O)(=O)c2ccc(OC)c([N+](=O)[O-])c2)CC1. The minimum atomic E-state index is -3.94. The maximum Gasteiger partial charge on any atom is 0.312 e. The number of carbonyl (C=O) groups is 1. The Kier molecular flexibility index (Phi) is 8.07. The Bertz CT molecular complexity index is 1150. The fourth-order valence-electron chi connectivity index (χ4n) is 3.71. The van der Waals surface area contributed by atoms with Crippen LogP contribution in [-0.4, -0.2) is 74.4 Å². The monoisotopic (exact) mass is 492 g/mol. The third kappa shape index (κ3) is 5.46. The van der Waals surface area contributed by atoms with Crippen LogP contribution in [0.3, 0.4) is 0 Å². The van der Waals surface area contributed by atoms with Gasteiger partial charge in [-0.2, -0.15) is 4.31 Å². The van der Waals surface area contributed by atoms with Crippen LogP contribution in [0, 0.1) is 10.1 Å². The number of nitro groups is 1. The summed E-state index contributed by atoms with van der Waals surface area (Å²) in [5, 5.41) is 14.1. The topological polar surface area (TPSA) is 131 Å². The molecular weight excluding hydrogens is 464 g/mol. The number of hydrogen-bond donors (Lipinski definition) is 1. The summed E-state index contributed by atoms with van der Waals surface area (Å²) in [4.78, 5) is 25.1. The van der Waals surface area contributed by atoms with Gasteiger partial charge in [-0.3, -0.25) is 19.8 Å². The Morgan fingerprint density at radius 3 is 2.44 bits per heavy atom. The van der Waals surface area contributed by atoms with Crippen LogP contribution in [0.2, 0.25) is 0 Å². The van der Waals surface area contributed by atoms with E-state index in [1.54, 1.807) is 25.1 Å². The van der Waals surface area contributed by atoms with Gasteiger partial charge in [-0.25, -0.2) is 8.42 Å². The van der Waals surface area contributed by atoms with Gasteiger partial charge in [0.2, 0.25) is 15.9 Å². The van der Waals surface area contributed by atoms with Gasteiger partial charge in [0, 0.05) is 32.2 Å². The molecular formula is C22H28N4O7S. The summed E-state index contributed by atoms with van der Waals surface area (Å²) >= 11 is 0. The fourth-order valence-corrected chi connectivity index (χ4v) is 5.15. The molecule has 11 nitrogen and oxygen atoms in total. The number of ether oxygens (including phenoxy) is 2. The van der Waals surface area contributed by atoms with Crippen molar-refractivity contribution in [3.8, 4) is 11.5 Å². The van der Waals surface area contributed by atoms with Crippen molar-refractivity contribution < 1.29 is 27.6 Å². The lowest BCUT2D eigenvalue weighted by Crippen LogP contribution is -2.53. The molecule has 0 bridgehead atoms. The number of hydrogen-bond acceptors (Lipinski definition) is 8. The van der Waals surface area contributed by atoms with E-state index in [1.165, 1.54) is 23.5 Å². The molecule has 1 aliphatic heterocycles. The maximum atomic E-state index is 13.1. The number of rotatable bonds is 9. The van der Waals surface area contributed by atoms with Crippen LogP contribution >= 0.6 is 0 Å². The molecule has 184 valence electrons. The summed E-state index contributed by atoms with van der Waals surface area (Å²) in [6, 6.07) is 10.2. The lowest BCUT2D eigenvalue weighted by molar-refractivity contribution is -0.386. The van der Waals surface area contributed by atoms with E-state index in [2.05, 4.69) is 5.32 Å². The number of methoxy groups -OCH3 is 1. The highest BCUT2D eigenvalue weighted by Crippen LogP contribution is 2.31. The number of carbonyl (C=O) groups excluding carboxylic acids is 1. The Hall–Kier alpha value is -3.22. The van der Waals surface area contributed by atoms with E-state index in [0.29, 0.717) is 31.1 Å². The van der Waals surface area contributed by atoms with Gasteiger partial charge in [0.05, 0.1) is 35.3 Å². The lowest BCUT2D eigenvalue weighted by Gasteiger charge is -2.36. The van der Waals surface area contributed by atoms with Gasteiger partial charge in [-0.15, -0.1) is 0 Å². The van der Waals surface area contributed by atoms with Gasteiger partial charge in [0.1, 0.15) is 5.75 Å². The first-order valence-corrected chi connectivity index (χ1v) is 12.2. The van der Waals surface area contributed by atoms with Gasteiger partial charge in [0.25, 0.3) is 0 Å². The maximum absolute atomic E-state index is 13.1. The van der Waals surface area contributed by atoms with Crippen LogP contribution in [0.4, 0.5) is 11.4 Å². The van der Waals surface area contributed by atoms with E-state index in [9.17, 15) is 23.3 Å². The van der Waals surface area contributed by atoms with Crippen molar-refractivity contribution in [1.82, 2.24) is 9.21 Å². The molecule has 1 N–H and O–H groups in total. The second-order valence-electron chi connectivity index (χ2n) is 7.63. The molecule has 34 heavy (non-hydrogen) atoms. The lowest BCUT2D eigenvalue weighted by atomic mass is 10.2. The molecule has 1 amide bonds. The number of benzene rings is 2. The first-order valence-electron chi connectivity index (χ1n) is 10.8. The predicted octanol–water partition coefficient (Wildman–Crippen LogP) is 2.34. The van der Waals surface area contributed by atoms with Crippen LogP contribution in [0.5, 0.6) is 11.5 Å². The second-order valence-corrected chi connectivity index (χ2v) is 9.56. The molecule has 0 aliphatic carbocycles. The Balaban J connectivity index is 1.66. The van der Waals surface area contributed by atoms with E-state index in [4.69, 9.17) is 9.47 Å². The summed E-state index contributed by atoms with van der Waals surface area (Å²) in [6.45, 7) is 5.05. The third-order valence-electron chi connectivity index (χ3n) is 5.63. The summed E-state index contributed by atoms with van der Waals surface area (Å²) in [5.74, 6) is 0.337. The fraction of sp³-hybridized carbons (Fsp3) is 0.409. The highest BCUT2D eigenvalue weighted by atomic mass is 32.2. The van der Waals surface area contributed by atoms with E-state index >= 15 is 0 Å². The van der Waals surface area contributed by atoms with Crippen LogP contribution in [-0.2, 0) is 14.8 Å². The third-order valence-corrected chi connectivity index (χ3v) is 7.52. The zero-order chi connectivity index (χ0) is 24.9. The average molecular weight is 493 g/mol. The van der Waals surface area contributed by atoms with Crippen molar-refractivity contribution in [2.45, 2.75) is 24.8 Å². The molecule has 1 unspecified atom stereocenters. The summed E-state index contributed by atoms with van der Waals surface area (Å²) in [5.41, 5.74) is 0.156. The first-order chi connectivity index (χ1) is 16.2. The molecule has 0 aromatic heterocycles. The van der Waals surface area contributed by atoms with E-state index in [0.717, 1.165) is 6.07 Å². The number of piperazine rings is 1. The smallest absolute Gasteiger partial charge is 0.312 e. The molecule has 0 saturated carbocycles. The minimum Gasteiger partial charge on any atom is -0.492 e. The molecule has 12 heteroatoms. The number of sulfonamides is 1. The Morgan fingerprint density at radius 2 is 1.82 bits per heavy atom. The Labute approximate surface area is 198 Å². The van der Waals surface area contributed by atoms with Crippen molar-refractivity contribution in [3.63, 3.8) is 0 Å². The standard InChI is InChI=1S/C22H28N4O7S/c1-4-33-20-8-6-5-7-18(20)23-22(27)16(2)24-11-13-25(14-12-24)34(30,31)17-9-10-21(32-3)19(15-17)26(28)29/h5-10,15-16H,4,11-14H2,1-3H3,(H,23,27). The predicted molar refractivity (Wildman–Crippen MR) is 126 cm³/mol. The summed E-state index contributed by atoms with van der Waals surface area (Å²) in [6.07, 6.45) is 0. The van der Waals surface area contributed by atoms with Gasteiger partial charge < -0.3 is 14.8 Å². The van der Waals surface area contributed by atoms with E-state index in [-0.39, 0.29) is 29.6 Å². The second kappa shape index (κ2) is 10.8. The molecule has 0 radical (unpaired) electrons. The molecule has 1 fully saturated rings. The molecule has 2 aromatic rings. The highest BCUT2D eigenvalue weighted by molar-refractivity contribution is 7.89. The van der Waals surface area contributed by atoms with Crippen LogP contribution in [0.1, 0.15) is 13.8 Å².